The lowest BCUT2D eigenvalue weighted by Crippen LogP contribution is -2.61. The van der Waals surface area contributed by atoms with Crippen molar-refractivity contribution < 1.29 is 4.42 Å². The van der Waals surface area contributed by atoms with E-state index in [1.807, 2.05) is 30.3 Å². The summed E-state index contributed by atoms with van der Waals surface area (Å²) >= 11 is 0. The molecule has 1 atom stereocenters. The maximum absolute atomic E-state index is 5.80. The molecule has 0 N–H and O–H groups in total. The quantitative estimate of drug-likeness (QED) is 0.868. The van der Waals surface area contributed by atoms with Crippen LogP contribution in [0.25, 0.3) is 11.5 Å². The van der Waals surface area contributed by atoms with Crippen molar-refractivity contribution in [2.45, 2.75) is 44.8 Å². The summed E-state index contributed by atoms with van der Waals surface area (Å²) in [6, 6.07) is 11.4. The molecule has 2 fully saturated rings. The molecule has 0 bridgehead atoms. The van der Waals surface area contributed by atoms with Gasteiger partial charge in [-0.3, -0.25) is 9.80 Å². The third-order valence-corrected chi connectivity index (χ3v) is 5.11. The van der Waals surface area contributed by atoms with Crippen LogP contribution in [-0.4, -0.2) is 51.7 Å². The van der Waals surface area contributed by atoms with Crippen LogP contribution in [0.5, 0.6) is 0 Å². The van der Waals surface area contributed by atoms with Crippen molar-refractivity contribution >= 4 is 0 Å². The van der Waals surface area contributed by atoms with Crippen LogP contribution >= 0.6 is 0 Å². The fraction of sp³-hybridized carbons (Fsp3) is 0.556. The van der Waals surface area contributed by atoms with Crippen molar-refractivity contribution in [3.8, 4) is 11.5 Å². The number of nitrogens with zero attached hydrogens (tertiary/aromatic N) is 4. The second-order valence-corrected chi connectivity index (χ2v) is 6.80. The Hall–Kier alpha value is -1.72. The highest BCUT2D eigenvalue weighted by atomic mass is 16.4. The molecule has 0 unspecified atom stereocenters. The summed E-state index contributed by atoms with van der Waals surface area (Å²) in [5.74, 6) is 1.33. The van der Waals surface area contributed by atoms with Crippen LogP contribution in [0.4, 0.5) is 0 Å². The molecule has 1 aromatic heterocycles. The van der Waals surface area contributed by atoms with E-state index in [0.717, 1.165) is 31.2 Å². The van der Waals surface area contributed by atoms with Crippen molar-refractivity contribution in [2.24, 2.45) is 0 Å². The van der Waals surface area contributed by atoms with Crippen LogP contribution in [0.2, 0.25) is 0 Å². The number of benzene rings is 1. The van der Waals surface area contributed by atoms with Crippen LogP contribution in [-0.2, 0) is 6.54 Å². The lowest BCUT2D eigenvalue weighted by molar-refractivity contribution is -0.00960. The first-order valence-corrected chi connectivity index (χ1v) is 8.65. The van der Waals surface area contributed by atoms with Crippen LogP contribution in [0, 0.1) is 0 Å². The number of likely N-dealkylation sites (tertiary alicyclic amines) is 2. The minimum absolute atomic E-state index is 0.613. The van der Waals surface area contributed by atoms with Gasteiger partial charge >= 0.3 is 0 Å². The highest BCUT2D eigenvalue weighted by Crippen LogP contribution is 2.25. The van der Waals surface area contributed by atoms with E-state index in [-0.39, 0.29) is 0 Å². The van der Waals surface area contributed by atoms with Gasteiger partial charge in [0.25, 0.3) is 0 Å². The van der Waals surface area contributed by atoms with Crippen molar-refractivity contribution in [1.29, 1.82) is 0 Å². The van der Waals surface area contributed by atoms with Crippen LogP contribution in [0.1, 0.15) is 32.1 Å². The molecule has 2 aliphatic heterocycles. The molecule has 4 rings (SSSR count). The van der Waals surface area contributed by atoms with E-state index >= 15 is 0 Å². The molecular formula is C18H24N4O. The van der Waals surface area contributed by atoms with Crippen molar-refractivity contribution in [3.05, 3.63) is 36.2 Å². The van der Waals surface area contributed by atoms with Crippen LogP contribution in [0.3, 0.4) is 0 Å². The Morgan fingerprint density at radius 2 is 1.96 bits per heavy atom. The van der Waals surface area contributed by atoms with Gasteiger partial charge in [0.1, 0.15) is 0 Å². The van der Waals surface area contributed by atoms with Gasteiger partial charge in [0, 0.05) is 30.7 Å². The Balaban J connectivity index is 1.32. The van der Waals surface area contributed by atoms with Crippen LogP contribution in [0.15, 0.2) is 34.7 Å². The zero-order valence-corrected chi connectivity index (χ0v) is 13.7. The predicted molar refractivity (Wildman–Crippen MR) is 88.8 cm³/mol. The minimum atomic E-state index is 0.613. The summed E-state index contributed by atoms with van der Waals surface area (Å²) in [5.41, 5.74) is 0.981. The molecule has 2 aromatic rings. The van der Waals surface area contributed by atoms with E-state index in [1.165, 1.54) is 25.8 Å². The Morgan fingerprint density at radius 1 is 1.13 bits per heavy atom. The van der Waals surface area contributed by atoms with Crippen molar-refractivity contribution in [3.63, 3.8) is 0 Å². The molecule has 0 saturated carbocycles. The first kappa shape index (κ1) is 14.8. The van der Waals surface area contributed by atoms with Gasteiger partial charge in [-0.15, -0.1) is 10.2 Å². The number of rotatable bonds is 4. The fourth-order valence-electron chi connectivity index (χ4n) is 3.75. The van der Waals surface area contributed by atoms with Gasteiger partial charge in [-0.25, -0.2) is 0 Å². The van der Waals surface area contributed by atoms with Crippen LogP contribution < -0.4 is 0 Å². The summed E-state index contributed by atoms with van der Waals surface area (Å²) in [6.07, 6.45) is 4.09. The van der Waals surface area contributed by atoms with Gasteiger partial charge < -0.3 is 4.42 Å². The van der Waals surface area contributed by atoms with Gasteiger partial charge in [-0.05, 0) is 38.4 Å². The molecule has 2 saturated heterocycles. The van der Waals surface area contributed by atoms with Gasteiger partial charge in [0.05, 0.1) is 6.54 Å². The summed E-state index contributed by atoms with van der Waals surface area (Å²) in [4.78, 5) is 5.08. The van der Waals surface area contributed by atoms with Gasteiger partial charge in [0.15, 0.2) is 0 Å². The molecule has 3 heterocycles. The zero-order chi connectivity index (χ0) is 15.6. The Morgan fingerprint density at radius 3 is 2.74 bits per heavy atom. The maximum Gasteiger partial charge on any atom is 0.247 e. The molecular weight excluding hydrogens is 288 g/mol. The average Bonchev–Trinajstić information content (AvgIpc) is 3.01. The number of aromatic nitrogens is 2. The summed E-state index contributed by atoms with van der Waals surface area (Å²) < 4.78 is 5.80. The second kappa shape index (κ2) is 6.42. The minimum Gasteiger partial charge on any atom is -0.419 e. The fourth-order valence-corrected chi connectivity index (χ4v) is 3.75. The molecule has 0 spiro atoms. The zero-order valence-electron chi connectivity index (χ0n) is 13.7. The predicted octanol–water partition coefficient (Wildman–Crippen LogP) is 2.80. The Labute approximate surface area is 137 Å². The van der Waals surface area contributed by atoms with E-state index < -0.39 is 0 Å². The van der Waals surface area contributed by atoms with Gasteiger partial charge in [0.2, 0.25) is 11.8 Å². The number of hydrogen-bond donors (Lipinski definition) is 0. The highest BCUT2D eigenvalue weighted by molar-refractivity contribution is 5.51. The third-order valence-electron chi connectivity index (χ3n) is 5.11. The number of hydrogen-bond acceptors (Lipinski definition) is 5. The molecule has 5 nitrogen and oxygen atoms in total. The van der Waals surface area contributed by atoms with Crippen molar-refractivity contribution in [2.75, 3.05) is 19.6 Å². The number of piperidine rings is 1. The SMILES string of the molecule is C[C@H]1CCCCN1C1CN(Cc2nnc(-c3ccccc3)o2)C1. The third kappa shape index (κ3) is 3.16. The highest BCUT2D eigenvalue weighted by Gasteiger charge is 2.35. The first-order valence-electron chi connectivity index (χ1n) is 8.65. The monoisotopic (exact) mass is 312 g/mol. The van der Waals surface area contributed by atoms with E-state index in [0.29, 0.717) is 17.8 Å². The normalized spacial score (nSPS) is 23.8. The van der Waals surface area contributed by atoms with Gasteiger partial charge in [-0.2, -0.15) is 0 Å². The molecule has 23 heavy (non-hydrogen) atoms. The molecule has 5 heteroatoms. The molecule has 1 aromatic carbocycles. The largest absolute Gasteiger partial charge is 0.419 e. The Kier molecular flexibility index (Phi) is 4.14. The molecule has 0 aliphatic carbocycles. The standard InChI is InChI=1S/C18H24N4O/c1-14-7-5-6-10-22(14)16-11-21(12-16)13-17-19-20-18(23-17)15-8-3-2-4-9-15/h2-4,8-9,14,16H,5-7,10-13H2,1H3/t14-/m0/s1. The Bertz CT molecular complexity index is 635. The van der Waals surface area contributed by atoms with Crippen molar-refractivity contribution in [1.82, 2.24) is 20.0 Å². The van der Waals surface area contributed by atoms with E-state index in [4.69, 9.17) is 4.42 Å². The summed E-state index contributed by atoms with van der Waals surface area (Å²) in [7, 11) is 0. The second-order valence-electron chi connectivity index (χ2n) is 6.80. The average molecular weight is 312 g/mol. The first-order chi connectivity index (χ1) is 11.3. The van der Waals surface area contributed by atoms with E-state index in [2.05, 4.69) is 26.9 Å². The summed E-state index contributed by atoms with van der Waals surface area (Å²) in [6.45, 7) is 6.63. The lowest BCUT2D eigenvalue weighted by Gasteiger charge is -2.48. The maximum atomic E-state index is 5.80. The molecule has 2 aliphatic rings. The van der Waals surface area contributed by atoms with E-state index in [9.17, 15) is 0 Å². The van der Waals surface area contributed by atoms with E-state index in [1.54, 1.807) is 0 Å². The molecule has 122 valence electrons. The lowest BCUT2D eigenvalue weighted by atomic mass is 9.97. The molecule has 0 amide bonds. The van der Waals surface area contributed by atoms with Gasteiger partial charge in [-0.1, -0.05) is 24.6 Å². The topological polar surface area (TPSA) is 45.4 Å². The summed E-state index contributed by atoms with van der Waals surface area (Å²) in [5, 5.41) is 8.36. The molecule has 0 radical (unpaired) electrons. The smallest absolute Gasteiger partial charge is 0.247 e.